The van der Waals surface area contributed by atoms with E-state index in [0.29, 0.717) is 0 Å². The molecule has 5 heteroatoms. The van der Waals surface area contributed by atoms with Crippen LogP contribution in [0.2, 0.25) is 0 Å². The predicted octanol–water partition coefficient (Wildman–Crippen LogP) is 1.71. The average Bonchev–Trinajstić information content (AvgIpc) is 2.92. The van der Waals surface area contributed by atoms with Crippen molar-refractivity contribution in [3.8, 4) is 0 Å². The molecule has 0 spiro atoms. The Labute approximate surface area is 116 Å². The number of rotatable bonds is 5. The summed E-state index contributed by atoms with van der Waals surface area (Å²) in [6.45, 7) is 1.90. The lowest BCUT2D eigenvalue weighted by atomic mass is 10.1. The maximum Gasteiger partial charge on any atom is 0.224 e. The summed E-state index contributed by atoms with van der Waals surface area (Å²) < 4.78 is 0. The molecule has 0 saturated heterocycles. The van der Waals surface area contributed by atoms with E-state index in [2.05, 4.69) is 10.3 Å². The number of nitrogens with one attached hydrogen (secondary N) is 1. The topological polar surface area (TPSA) is 62.2 Å². The lowest BCUT2D eigenvalue weighted by molar-refractivity contribution is -0.121. The van der Waals surface area contributed by atoms with E-state index in [4.69, 9.17) is 0 Å². The molecule has 0 aromatic carbocycles. The zero-order valence-corrected chi connectivity index (χ0v) is 11.5. The standard InChI is InChI=1S/C14H16N2O2S/c1-14(18,12-5-3-7-19-12)10-16-13(17)8-11-4-2-6-15-9-11/h2-7,9,18H,8,10H2,1H3,(H,16,17). The van der Waals surface area contributed by atoms with E-state index in [9.17, 15) is 9.90 Å². The minimum atomic E-state index is -1.03. The van der Waals surface area contributed by atoms with E-state index in [1.165, 1.54) is 11.3 Å². The smallest absolute Gasteiger partial charge is 0.224 e. The maximum absolute atomic E-state index is 11.8. The zero-order valence-electron chi connectivity index (χ0n) is 10.7. The first-order valence-electron chi connectivity index (χ1n) is 6.00. The van der Waals surface area contributed by atoms with Crippen molar-refractivity contribution in [1.82, 2.24) is 10.3 Å². The molecule has 0 bridgehead atoms. The minimum absolute atomic E-state index is 0.121. The third-order valence-electron chi connectivity index (χ3n) is 2.77. The first-order chi connectivity index (χ1) is 9.08. The number of carbonyl (C=O) groups is 1. The van der Waals surface area contributed by atoms with Crippen LogP contribution in [0.15, 0.2) is 42.0 Å². The summed E-state index contributed by atoms with van der Waals surface area (Å²) in [5, 5.41) is 14.9. The molecule has 0 radical (unpaired) electrons. The number of nitrogens with zero attached hydrogens (tertiary/aromatic N) is 1. The van der Waals surface area contributed by atoms with Gasteiger partial charge in [-0.1, -0.05) is 12.1 Å². The van der Waals surface area contributed by atoms with Crippen molar-refractivity contribution in [3.05, 3.63) is 52.5 Å². The highest BCUT2D eigenvalue weighted by Crippen LogP contribution is 2.24. The first kappa shape index (κ1) is 13.7. The van der Waals surface area contributed by atoms with E-state index in [0.717, 1.165) is 10.4 Å². The molecule has 100 valence electrons. The predicted molar refractivity (Wildman–Crippen MR) is 74.8 cm³/mol. The molecule has 0 fully saturated rings. The average molecular weight is 276 g/mol. The summed E-state index contributed by atoms with van der Waals surface area (Å²) in [6, 6.07) is 7.39. The molecule has 0 aliphatic rings. The lowest BCUT2D eigenvalue weighted by Gasteiger charge is -2.22. The number of thiophene rings is 1. The third-order valence-corrected chi connectivity index (χ3v) is 3.89. The van der Waals surface area contributed by atoms with Crippen LogP contribution in [0, 0.1) is 0 Å². The maximum atomic E-state index is 11.8. The summed E-state index contributed by atoms with van der Waals surface area (Å²) in [4.78, 5) is 16.6. The van der Waals surface area contributed by atoms with Crippen molar-refractivity contribution in [2.24, 2.45) is 0 Å². The molecule has 0 saturated carbocycles. The molecule has 0 aliphatic heterocycles. The van der Waals surface area contributed by atoms with Crippen LogP contribution in [0.4, 0.5) is 0 Å². The molecule has 2 rings (SSSR count). The second-order valence-electron chi connectivity index (χ2n) is 4.57. The quantitative estimate of drug-likeness (QED) is 0.874. The van der Waals surface area contributed by atoms with Crippen LogP contribution in [0.25, 0.3) is 0 Å². The SMILES string of the molecule is CC(O)(CNC(=O)Cc1cccnc1)c1cccs1. The highest BCUT2D eigenvalue weighted by Gasteiger charge is 2.24. The van der Waals surface area contributed by atoms with Gasteiger partial charge in [-0.15, -0.1) is 11.3 Å². The van der Waals surface area contributed by atoms with Crippen LogP contribution >= 0.6 is 11.3 Å². The molecule has 0 aliphatic carbocycles. The second-order valence-corrected chi connectivity index (χ2v) is 5.51. The Bertz CT molecular complexity index is 524. The minimum Gasteiger partial charge on any atom is -0.383 e. The van der Waals surface area contributed by atoms with Crippen molar-refractivity contribution in [1.29, 1.82) is 0 Å². The molecule has 1 amide bonds. The lowest BCUT2D eigenvalue weighted by Crippen LogP contribution is -2.38. The Morgan fingerprint density at radius 1 is 1.47 bits per heavy atom. The van der Waals surface area contributed by atoms with E-state index < -0.39 is 5.60 Å². The number of hydrogen-bond donors (Lipinski definition) is 2. The highest BCUT2D eigenvalue weighted by atomic mass is 32.1. The van der Waals surface area contributed by atoms with Gasteiger partial charge >= 0.3 is 0 Å². The molecule has 19 heavy (non-hydrogen) atoms. The van der Waals surface area contributed by atoms with Crippen molar-refractivity contribution < 1.29 is 9.90 Å². The van der Waals surface area contributed by atoms with Gasteiger partial charge in [0.2, 0.25) is 5.91 Å². The molecule has 2 heterocycles. The van der Waals surface area contributed by atoms with Gasteiger partial charge in [-0.2, -0.15) is 0 Å². The third kappa shape index (κ3) is 3.87. The number of aromatic nitrogens is 1. The van der Waals surface area contributed by atoms with E-state index in [1.807, 2.05) is 23.6 Å². The Kier molecular flexibility index (Phi) is 4.29. The molecule has 4 nitrogen and oxygen atoms in total. The highest BCUT2D eigenvalue weighted by molar-refractivity contribution is 7.10. The van der Waals surface area contributed by atoms with Crippen molar-refractivity contribution >= 4 is 17.2 Å². The summed E-state index contributed by atoms with van der Waals surface area (Å²) in [5.74, 6) is -0.121. The van der Waals surface area contributed by atoms with Crippen molar-refractivity contribution in [2.75, 3.05) is 6.54 Å². The molecular formula is C14H16N2O2S. The van der Waals surface area contributed by atoms with Crippen LogP contribution in [-0.2, 0) is 16.8 Å². The molecule has 2 aromatic heterocycles. The zero-order chi connectivity index (χ0) is 13.7. The van der Waals surface area contributed by atoms with Crippen LogP contribution in [0.1, 0.15) is 17.4 Å². The van der Waals surface area contributed by atoms with E-state index in [1.54, 1.807) is 25.4 Å². The fourth-order valence-electron chi connectivity index (χ4n) is 1.69. The number of hydrogen-bond acceptors (Lipinski definition) is 4. The summed E-state index contributed by atoms with van der Waals surface area (Å²) in [5.41, 5.74) is -0.172. The molecule has 1 unspecified atom stereocenters. The first-order valence-corrected chi connectivity index (χ1v) is 6.88. The van der Waals surface area contributed by atoms with Crippen LogP contribution < -0.4 is 5.32 Å². The number of amides is 1. The Hall–Kier alpha value is -1.72. The number of pyridine rings is 1. The molecule has 2 aromatic rings. The van der Waals surface area contributed by atoms with Crippen molar-refractivity contribution in [2.45, 2.75) is 18.9 Å². The summed E-state index contributed by atoms with van der Waals surface area (Å²) in [7, 11) is 0. The van der Waals surface area contributed by atoms with E-state index >= 15 is 0 Å². The number of aliphatic hydroxyl groups is 1. The summed E-state index contributed by atoms with van der Waals surface area (Å²) in [6.07, 6.45) is 3.61. The van der Waals surface area contributed by atoms with E-state index in [-0.39, 0.29) is 18.9 Å². The van der Waals surface area contributed by atoms with Crippen LogP contribution in [0.5, 0.6) is 0 Å². The molecular weight excluding hydrogens is 260 g/mol. The molecule has 1 atom stereocenters. The van der Waals surface area contributed by atoms with Crippen LogP contribution in [-0.4, -0.2) is 22.5 Å². The van der Waals surface area contributed by atoms with Crippen molar-refractivity contribution in [3.63, 3.8) is 0 Å². The van der Waals surface area contributed by atoms with Gasteiger partial charge in [0.05, 0.1) is 13.0 Å². The van der Waals surface area contributed by atoms with Gasteiger partial charge < -0.3 is 10.4 Å². The van der Waals surface area contributed by atoms with Gasteiger partial charge in [0.15, 0.2) is 0 Å². The van der Waals surface area contributed by atoms with Gasteiger partial charge in [0.25, 0.3) is 0 Å². The number of carbonyl (C=O) groups excluding carboxylic acids is 1. The van der Waals surface area contributed by atoms with Crippen LogP contribution in [0.3, 0.4) is 0 Å². The Morgan fingerprint density at radius 2 is 2.32 bits per heavy atom. The largest absolute Gasteiger partial charge is 0.383 e. The summed E-state index contributed by atoms with van der Waals surface area (Å²) >= 11 is 1.47. The fraction of sp³-hybridized carbons (Fsp3) is 0.286. The Balaban J connectivity index is 1.87. The van der Waals surface area contributed by atoms with Gasteiger partial charge in [-0.05, 0) is 30.0 Å². The fourth-order valence-corrected chi connectivity index (χ4v) is 2.48. The van der Waals surface area contributed by atoms with Gasteiger partial charge in [-0.3, -0.25) is 9.78 Å². The Morgan fingerprint density at radius 3 is 2.95 bits per heavy atom. The van der Waals surface area contributed by atoms with Gasteiger partial charge in [-0.25, -0.2) is 0 Å². The van der Waals surface area contributed by atoms with Gasteiger partial charge in [0.1, 0.15) is 5.60 Å². The molecule has 2 N–H and O–H groups in total. The second kappa shape index (κ2) is 5.95. The normalized spacial score (nSPS) is 13.8. The monoisotopic (exact) mass is 276 g/mol. The van der Waals surface area contributed by atoms with Gasteiger partial charge in [0, 0.05) is 17.3 Å².